The lowest BCUT2D eigenvalue weighted by Gasteiger charge is -2.14. The number of hydrogen-bond donors (Lipinski definition) is 1. The van der Waals surface area contributed by atoms with Gasteiger partial charge in [0.25, 0.3) is 5.91 Å². The third kappa shape index (κ3) is 3.96. The number of halogens is 3. The summed E-state index contributed by atoms with van der Waals surface area (Å²) < 4.78 is 13.9. The molecule has 1 aromatic rings. The molecule has 17 heavy (non-hydrogen) atoms. The second-order valence-corrected chi connectivity index (χ2v) is 5.48. The topological polar surface area (TPSA) is 29.1 Å². The minimum atomic E-state index is -0.549. The van der Waals surface area contributed by atoms with Crippen LogP contribution in [0.1, 0.15) is 24.2 Å². The third-order valence-corrected chi connectivity index (χ3v) is 3.69. The molecule has 2 nitrogen and oxygen atoms in total. The van der Waals surface area contributed by atoms with Gasteiger partial charge < -0.3 is 5.32 Å². The van der Waals surface area contributed by atoms with Crippen molar-refractivity contribution in [2.24, 2.45) is 5.92 Å². The van der Waals surface area contributed by atoms with Crippen LogP contribution >= 0.6 is 27.5 Å². The van der Waals surface area contributed by atoms with E-state index in [9.17, 15) is 9.18 Å². The van der Waals surface area contributed by atoms with Crippen molar-refractivity contribution in [3.05, 3.63) is 34.1 Å². The molecule has 5 heteroatoms. The first-order valence-corrected chi connectivity index (χ1v) is 6.52. The van der Waals surface area contributed by atoms with Gasteiger partial charge in [0.1, 0.15) is 5.82 Å². The molecule has 0 aliphatic carbocycles. The minimum Gasteiger partial charge on any atom is -0.350 e. The van der Waals surface area contributed by atoms with E-state index >= 15 is 0 Å². The number of carbonyl (C=O) groups is 1. The SMILES string of the molecule is CC(C)C(Cl)CNC(=O)c1c(F)cccc1Br. The zero-order valence-corrected chi connectivity index (χ0v) is 12.0. The van der Waals surface area contributed by atoms with Crippen molar-refractivity contribution in [2.45, 2.75) is 19.2 Å². The molecule has 0 fully saturated rings. The molecule has 1 amide bonds. The standard InChI is InChI=1S/C12H14BrClFNO/c1-7(2)9(14)6-16-12(17)11-8(13)4-3-5-10(11)15/h3-5,7,9H,6H2,1-2H3,(H,16,17). The Morgan fingerprint density at radius 2 is 2.18 bits per heavy atom. The Morgan fingerprint density at radius 3 is 2.71 bits per heavy atom. The van der Waals surface area contributed by atoms with Crippen molar-refractivity contribution in [3.8, 4) is 0 Å². The van der Waals surface area contributed by atoms with Crippen LogP contribution < -0.4 is 5.32 Å². The summed E-state index contributed by atoms with van der Waals surface area (Å²) in [5.74, 6) is -0.755. The highest BCUT2D eigenvalue weighted by Crippen LogP contribution is 2.19. The lowest BCUT2D eigenvalue weighted by atomic mass is 10.1. The molecule has 0 saturated heterocycles. The number of alkyl halides is 1. The second-order valence-electron chi connectivity index (χ2n) is 4.07. The number of carbonyl (C=O) groups excluding carboxylic acids is 1. The van der Waals surface area contributed by atoms with Gasteiger partial charge in [-0.3, -0.25) is 4.79 Å². The van der Waals surface area contributed by atoms with Gasteiger partial charge in [-0.1, -0.05) is 19.9 Å². The summed E-state index contributed by atoms with van der Waals surface area (Å²) in [7, 11) is 0. The Kier molecular flexibility index (Phi) is 5.40. The highest BCUT2D eigenvalue weighted by Gasteiger charge is 2.17. The minimum absolute atomic E-state index is 0.0140. The molecule has 0 aliphatic rings. The van der Waals surface area contributed by atoms with Crippen molar-refractivity contribution in [1.29, 1.82) is 0 Å². The van der Waals surface area contributed by atoms with Crippen molar-refractivity contribution < 1.29 is 9.18 Å². The van der Waals surface area contributed by atoms with Crippen LogP contribution in [0.5, 0.6) is 0 Å². The average molecular weight is 323 g/mol. The lowest BCUT2D eigenvalue weighted by molar-refractivity contribution is 0.0947. The maximum Gasteiger partial charge on any atom is 0.255 e. The Bertz CT molecular complexity index is 391. The van der Waals surface area contributed by atoms with Crippen LogP contribution in [0.4, 0.5) is 4.39 Å². The molecule has 0 bridgehead atoms. The van der Waals surface area contributed by atoms with E-state index in [1.54, 1.807) is 6.07 Å². The zero-order valence-electron chi connectivity index (χ0n) is 9.64. The average Bonchev–Trinajstić information content (AvgIpc) is 2.25. The Hall–Kier alpha value is -0.610. The molecule has 0 radical (unpaired) electrons. The van der Waals surface area contributed by atoms with E-state index < -0.39 is 11.7 Å². The molecule has 1 rings (SSSR count). The van der Waals surface area contributed by atoms with E-state index in [1.165, 1.54) is 12.1 Å². The predicted octanol–water partition coefficient (Wildman–Crippen LogP) is 3.58. The maximum absolute atomic E-state index is 13.5. The Labute approximate surface area is 114 Å². The Balaban J connectivity index is 2.71. The molecule has 0 spiro atoms. The third-order valence-electron chi connectivity index (χ3n) is 2.37. The summed E-state index contributed by atoms with van der Waals surface area (Å²) in [4.78, 5) is 11.8. The van der Waals surface area contributed by atoms with E-state index in [0.29, 0.717) is 11.0 Å². The first-order chi connectivity index (χ1) is 7.93. The van der Waals surface area contributed by atoms with Gasteiger partial charge in [-0.2, -0.15) is 0 Å². The van der Waals surface area contributed by atoms with Crippen LogP contribution in [0.25, 0.3) is 0 Å². The van der Waals surface area contributed by atoms with E-state index in [2.05, 4.69) is 21.2 Å². The van der Waals surface area contributed by atoms with Crippen LogP contribution in [-0.4, -0.2) is 17.8 Å². The summed E-state index contributed by atoms with van der Waals surface area (Å²) in [5.41, 5.74) is 0.0140. The molecule has 0 saturated carbocycles. The summed E-state index contributed by atoms with van der Waals surface area (Å²) in [5, 5.41) is 2.46. The highest BCUT2D eigenvalue weighted by atomic mass is 79.9. The van der Waals surface area contributed by atoms with Gasteiger partial charge in [-0.05, 0) is 34.0 Å². The lowest BCUT2D eigenvalue weighted by Crippen LogP contribution is -2.32. The summed E-state index contributed by atoms with van der Waals surface area (Å²) in [6.07, 6.45) is 0. The van der Waals surface area contributed by atoms with E-state index in [4.69, 9.17) is 11.6 Å². The molecule has 0 heterocycles. The van der Waals surface area contributed by atoms with Gasteiger partial charge in [-0.25, -0.2) is 4.39 Å². The van der Waals surface area contributed by atoms with Gasteiger partial charge in [0.2, 0.25) is 0 Å². The molecule has 1 N–H and O–H groups in total. The monoisotopic (exact) mass is 321 g/mol. The van der Waals surface area contributed by atoms with Crippen molar-refractivity contribution in [1.82, 2.24) is 5.32 Å². The summed E-state index contributed by atoms with van der Waals surface area (Å²) in [6, 6.07) is 4.41. The number of rotatable bonds is 4. The normalized spacial score (nSPS) is 12.6. The molecule has 0 aromatic heterocycles. The molecule has 1 aromatic carbocycles. The maximum atomic E-state index is 13.5. The van der Waals surface area contributed by atoms with Crippen LogP contribution in [0.3, 0.4) is 0 Å². The number of amides is 1. The van der Waals surface area contributed by atoms with Crippen LogP contribution in [0, 0.1) is 11.7 Å². The fourth-order valence-corrected chi connectivity index (χ4v) is 1.83. The van der Waals surface area contributed by atoms with Gasteiger partial charge >= 0.3 is 0 Å². The number of nitrogens with one attached hydrogen (secondary N) is 1. The molecule has 1 atom stereocenters. The van der Waals surface area contributed by atoms with E-state index in [0.717, 1.165) is 0 Å². The molecular formula is C12H14BrClFNO. The van der Waals surface area contributed by atoms with Gasteiger partial charge in [0.05, 0.1) is 10.9 Å². The first kappa shape index (κ1) is 14.5. The smallest absolute Gasteiger partial charge is 0.255 e. The van der Waals surface area contributed by atoms with E-state index in [1.807, 2.05) is 13.8 Å². The number of hydrogen-bond acceptors (Lipinski definition) is 1. The molecular weight excluding hydrogens is 308 g/mol. The van der Waals surface area contributed by atoms with Crippen molar-refractivity contribution in [3.63, 3.8) is 0 Å². The highest BCUT2D eigenvalue weighted by molar-refractivity contribution is 9.10. The van der Waals surface area contributed by atoms with Crippen LogP contribution in [0.15, 0.2) is 22.7 Å². The number of benzene rings is 1. The molecule has 0 aliphatic heterocycles. The molecule has 94 valence electrons. The first-order valence-electron chi connectivity index (χ1n) is 5.29. The van der Waals surface area contributed by atoms with Crippen molar-refractivity contribution >= 4 is 33.4 Å². The van der Waals surface area contributed by atoms with Crippen molar-refractivity contribution in [2.75, 3.05) is 6.54 Å². The largest absolute Gasteiger partial charge is 0.350 e. The van der Waals surface area contributed by atoms with Gasteiger partial charge in [0.15, 0.2) is 0 Å². The molecule has 1 unspecified atom stereocenters. The van der Waals surface area contributed by atoms with Crippen LogP contribution in [0.2, 0.25) is 0 Å². The second kappa shape index (κ2) is 6.36. The van der Waals surface area contributed by atoms with Gasteiger partial charge in [0, 0.05) is 11.0 Å². The summed E-state index contributed by atoms with van der Waals surface area (Å²) in [6.45, 7) is 4.24. The fraction of sp³-hybridized carbons (Fsp3) is 0.417. The van der Waals surface area contributed by atoms with Crippen LogP contribution in [-0.2, 0) is 0 Å². The Morgan fingerprint density at radius 1 is 1.53 bits per heavy atom. The van der Waals surface area contributed by atoms with Gasteiger partial charge in [-0.15, -0.1) is 11.6 Å². The quantitative estimate of drug-likeness (QED) is 0.844. The predicted molar refractivity (Wildman–Crippen MR) is 70.9 cm³/mol. The fourth-order valence-electron chi connectivity index (χ4n) is 1.23. The zero-order chi connectivity index (χ0) is 13.0. The van der Waals surface area contributed by atoms with E-state index in [-0.39, 0.29) is 16.9 Å². The summed E-state index contributed by atoms with van der Waals surface area (Å²) >= 11 is 9.16.